The minimum Gasteiger partial charge on any atom is -0.377 e. The van der Waals surface area contributed by atoms with Crippen molar-refractivity contribution in [2.45, 2.75) is 62.8 Å². The molecule has 2 heterocycles. The zero-order chi connectivity index (χ0) is 14.8. The summed E-state index contributed by atoms with van der Waals surface area (Å²) in [6.07, 6.45) is 1.40. The molecule has 1 aromatic heterocycles. The molecule has 20 heavy (non-hydrogen) atoms. The van der Waals surface area contributed by atoms with Crippen molar-refractivity contribution in [3.8, 4) is 0 Å². The molecule has 0 aliphatic carbocycles. The molecule has 1 N–H and O–H groups in total. The van der Waals surface area contributed by atoms with Gasteiger partial charge < -0.3 is 10.1 Å². The molecule has 2 atom stereocenters. The largest absolute Gasteiger partial charge is 0.377 e. The van der Waals surface area contributed by atoms with Gasteiger partial charge in [0.1, 0.15) is 16.7 Å². The summed E-state index contributed by atoms with van der Waals surface area (Å²) in [5.74, 6) is 1.81. The zero-order valence-corrected chi connectivity index (χ0v) is 13.9. The topological polar surface area (TPSA) is 47.0 Å². The van der Waals surface area contributed by atoms with Gasteiger partial charge in [-0.2, -0.15) is 0 Å². The summed E-state index contributed by atoms with van der Waals surface area (Å²) in [4.78, 5) is 9.36. The second kappa shape index (κ2) is 6.31. The third kappa shape index (κ3) is 3.85. The molecule has 2 unspecified atom stereocenters. The third-order valence-corrected chi connectivity index (χ3v) is 4.68. The summed E-state index contributed by atoms with van der Waals surface area (Å²) in [5.41, 5.74) is -0.0431. The van der Waals surface area contributed by atoms with E-state index >= 15 is 0 Å². The van der Waals surface area contributed by atoms with Gasteiger partial charge in [0.2, 0.25) is 0 Å². The van der Waals surface area contributed by atoms with Crippen LogP contribution < -0.4 is 5.32 Å². The Morgan fingerprint density at radius 3 is 2.70 bits per heavy atom. The van der Waals surface area contributed by atoms with Gasteiger partial charge in [-0.1, -0.05) is 20.8 Å². The number of nitrogens with one attached hydrogen (secondary N) is 1. The molecular formula is C15H25N3OS. The predicted molar refractivity (Wildman–Crippen MR) is 84.6 cm³/mol. The molecule has 2 rings (SSSR count). The van der Waals surface area contributed by atoms with Gasteiger partial charge in [0, 0.05) is 29.9 Å². The Morgan fingerprint density at radius 1 is 1.40 bits per heavy atom. The third-order valence-electron chi connectivity index (χ3n) is 3.31. The number of anilines is 1. The van der Waals surface area contributed by atoms with Crippen LogP contribution in [0.2, 0.25) is 0 Å². The second-order valence-corrected chi connectivity index (χ2v) is 7.48. The van der Waals surface area contributed by atoms with Crippen LogP contribution >= 0.6 is 11.8 Å². The van der Waals surface area contributed by atoms with E-state index in [1.54, 1.807) is 0 Å². The Kier molecular flexibility index (Phi) is 4.91. The normalized spacial score (nSPS) is 23.1. The maximum Gasteiger partial charge on any atom is 0.137 e. The van der Waals surface area contributed by atoms with Crippen molar-refractivity contribution in [2.24, 2.45) is 0 Å². The van der Waals surface area contributed by atoms with Gasteiger partial charge in [-0.3, -0.25) is 0 Å². The minimum atomic E-state index is -0.0431. The fraction of sp³-hybridized carbons (Fsp3) is 0.733. The molecular weight excluding hydrogens is 270 g/mol. The standard InChI is InChI=1S/C15H25N3OS/c1-6-16-12-9-13(18-14(17-12)15(3,4)5)20-11-7-8-19-10(11)2/h9-11H,6-8H2,1-5H3,(H,16,17,18). The number of aromatic nitrogens is 2. The summed E-state index contributed by atoms with van der Waals surface area (Å²) >= 11 is 1.81. The van der Waals surface area contributed by atoms with Crippen LogP contribution in [0.15, 0.2) is 11.1 Å². The van der Waals surface area contributed by atoms with E-state index in [2.05, 4.69) is 51.0 Å². The molecule has 0 saturated carbocycles. The van der Waals surface area contributed by atoms with E-state index < -0.39 is 0 Å². The SMILES string of the molecule is CCNc1cc(SC2CCOC2C)nc(C(C)(C)C)n1. The van der Waals surface area contributed by atoms with Crippen molar-refractivity contribution in [2.75, 3.05) is 18.5 Å². The zero-order valence-electron chi connectivity index (χ0n) is 13.1. The quantitative estimate of drug-likeness (QED) is 0.862. The molecule has 1 aliphatic heterocycles. The molecule has 1 saturated heterocycles. The highest BCUT2D eigenvalue weighted by Gasteiger charge is 2.27. The fourth-order valence-corrected chi connectivity index (χ4v) is 3.23. The molecule has 4 nitrogen and oxygen atoms in total. The molecule has 1 aromatic rings. The lowest BCUT2D eigenvalue weighted by molar-refractivity contribution is 0.127. The molecule has 0 radical (unpaired) electrons. The molecule has 112 valence electrons. The molecule has 1 fully saturated rings. The number of rotatable bonds is 4. The number of nitrogens with zero attached hydrogens (tertiary/aromatic N) is 2. The van der Waals surface area contributed by atoms with Gasteiger partial charge in [0.25, 0.3) is 0 Å². The Bertz CT molecular complexity index is 459. The smallest absolute Gasteiger partial charge is 0.137 e. The maximum absolute atomic E-state index is 5.63. The summed E-state index contributed by atoms with van der Waals surface area (Å²) in [7, 11) is 0. The van der Waals surface area contributed by atoms with Crippen molar-refractivity contribution in [1.82, 2.24) is 9.97 Å². The first kappa shape index (κ1) is 15.6. The van der Waals surface area contributed by atoms with Crippen molar-refractivity contribution >= 4 is 17.6 Å². The van der Waals surface area contributed by atoms with E-state index in [0.717, 1.165) is 36.2 Å². The fourth-order valence-electron chi connectivity index (χ4n) is 2.11. The summed E-state index contributed by atoms with van der Waals surface area (Å²) in [6, 6.07) is 2.05. The van der Waals surface area contributed by atoms with E-state index in [9.17, 15) is 0 Å². The number of hydrogen-bond acceptors (Lipinski definition) is 5. The second-order valence-electron chi connectivity index (χ2n) is 6.22. The maximum atomic E-state index is 5.63. The number of hydrogen-bond donors (Lipinski definition) is 1. The van der Waals surface area contributed by atoms with E-state index in [-0.39, 0.29) is 5.41 Å². The highest BCUT2D eigenvalue weighted by molar-refractivity contribution is 7.99. The van der Waals surface area contributed by atoms with Crippen LogP contribution in [0.25, 0.3) is 0 Å². The Balaban J connectivity index is 2.24. The molecule has 0 bridgehead atoms. The van der Waals surface area contributed by atoms with Crippen LogP contribution in [0.1, 0.15) is 46.9 Å². The van der Waals surface area contributed by atoms with Crippen molar-refractivity contribution in [1.29, 1.82) is 0 Å². The number of ether oxygens (including phenoxy) is 1. The first-order valence-electron chi connectivity index (χ1n) is 7.32. The van der Waals surface area contributed by atoms with Gasteiger partial charge >= 0.3 is 0 Å². The van der Waals surface area contributed by atoms with Crippen LogP contribution in [0.3, 0.4) is 0 Å². The van der Waals surface area contributed by atoms with Crippen LogP contribution in [-0.4, -0.2) is 34.5 Å². The van der Waals surface area contributed by atoms with E-state index in [0.29, 0.717) is 11.4 Å². The molecule has 0 aromatic carbocycles. The monoisotopic (exact) mass is 295 g/mol. The van der Waals surface area contributed by atoms with Crippen LogP contribution in [0, 0.1) is 0 Å². The van der Waals surface area contributed by atoms with E-state index in [1.807, 2.05) is 11.8 Å². The predicted octanol–water partition coefficient (Wildman–Crippen LogP) is 3.48. The van der Waals surface area contributed by atoms with Crippen molar-refractivity contribution in [3.63, 3.8) is 0 Å². The molecule has 0 spiro atoms. The lowest BCUT2D eigenvalue weighted by atomic mass is 9.96. The summed E-state index contributed by atoms with van der Waals surface area (Å²) in [5, 5.41) is 4.84. The number of thioether (sulfide) groups is 1. The van der Waals surface area contributed by atoms with Gasteiger partial charge in [-0.25, -0.2) is 9.97 Å². The molecule has 1 aliphatic rings. The van der Waals surface area contributed by atoms with Crippen LogP contribution in [0.4, 0.5) is 5.82 Å². The Labute approximate surface area is 126 Å². The van der Waals surface area contributed by atoms with Crippen molar-refractivity contribution in [3.05, 3.63) is 11.9 Å². The average molecular weight is 295 g/mol. The lowest BCUT2D eigenvalue weighted by Gasteiger charge is -2.20. The first-order valence-corrected chi connectivity index (χ1v) is 8.20. The van der Waals surface area contributed by atoms with Crippen molar-refractivity contribution < 1.29 is 4.74 Å². The highest BCUT2D eigenvalue weighted by atomic mass is 32.2. The van der Waals surface area contributed by atoms with Gasteiger partial charge in [-0.05, 0) is 20.3 Å². The summed E-state index contributed by atoms with van der Waals surface area (Å²) < 4.78 is 5.63. The van der Waals surface area contributed by atoms with Gasteiger partial charge in [0.05, 0.1) is 6.10 Å². The first-order chi connectivity index (χ1) is 9.40. The summed E-state index contributed by atoms with van der Waals surface area (Å²) in [6.45, 7) is 12.4. The van der Waals surface area contributed by atoms with Gasteiger partial charge in [-0.15, -0.1) is 11.8 Å². The highest BCUT2D eigenvalue weighted by Crippen LogP contribution is 2.33. The average Bonchev–Trinajstić information content (AvgIpc) is 2.74. The van der Waals surface area contributed by atoms with Crippen LogP contribution in [0.5, 0.6) is 0 Å². The Morgan fingerprint density at radius 2 is 2.15 bits per heavy atom. The molecule has 0 amide bonds. The lowest BCUT2D eigenvalue weighted by Crippen LogP contribution is -2.19. The van der Waals surface area contributed by atoms with E-state index in [1.165, 1.54) is 0 Å². The van der Waals surface area contributed by atoms with E-state index in [4.69, 9.17) is 9.72 Å². The van der Waals surface area contributed by atoms with Crippen LogP contribution in [-0.2, 0) is 10.2 Å². The Hall–Kier alpha value is -0.810. The van der Waals surface area contributed by atoms with Gasteiger partial charge in [0.15, 0.2) is 0 Å². The minimum absolute atomic E-state index is 0.0431. The molecule has 5 heteroatoms.